The fourth-order valence-electron chi connectivity index (χ4n) is 3.10. The third-order valence-electron chi connectivity index (χ3n) is 4.03. The third kappa shape index (κ3) is 4.30. The average Bonchev–Trinajstić information content (AvgIpc) is 3.00. The Bertz CT molecular complexity index is 917. The molecule has 1 aliphatic rings. The summed E-state index contributed by atoms with van der Waals surface area (Å²) in [4.78, 5) is 41.7. The molecule has 5 N–H and O–H groups in total. The van der Waals surface area contributed by atoms with E-state index in [-0.39, 0.29) is 16.9 Å². The van der Waals surface area contributed by atoms with Crippen LogP contribution < -0.4 is 11.3 Å². The van der Waals surface area contributed by atoms with Gasteiger partial charge >= 0.3 is 6.72 Å². The Morgan fingerprint density at radius 3 is 2.85 bits per heavy atom. The van der Waals surface area contributed by atoms with Crippen LogP contribution in [0.1, 0.15) is 39.8 Å². The van der Waals surface area contributed by atoms with Crippen LogP contribution in [0, 0.1) is 5.41 Å². The summed E-state index contributed by atoms with van der Waals surface area (Å²) in [6.07, 6.45) is 0.816. The number of hydrogen-bond acceptors (Lipinski definition) is 7. The maximum atomic E-state index is 11.9. The van der Waals surface area contributed by atoms with E-state index in [0.29, 0.717) is 18.5 Å². The Kier molecular flexibility index (Phi) is 4.97. The lowest BCUT2D eigenvalue weighted by Crippen LogP contribution is -2.28. The summed E-state index contributed by atoms with van der Waals surface area (Å²) in [6, 6.07) is 0. The van der Waals surface area contributed by atoms with Crippen LogP contribution in [0.3, 0.4) is 0 Å². The van der Waals surface area contributed by atoms with Crippen molar-refractivity contribution in [3.63, 3.8) is 0 Å². The second-order valence-electron chi connectivity index (χ2n) is 7.54. The average molecular weight is 403 g/mol. The number of nitrogens with one attached hydrogen (secondary N) is 1. The number of rotatable bonds is 4. The van der Waals surface area contributed by atoms with E-state index in [1.54, 1.807) is 4.57 Å². The molecule has 144 valence electrons. The topological polar surface area (TPSA) is 149 Å². The monoisotopic (exact) mass is 403 g/mol. The smallest absolute Gasteiger partial charge is 0.322 e. The van der Waals surface area contributed by atoms with E-state index in [1.807, 2.05) is 20.8 Å². The molecule has 0 saturated carbocycles. The zero-order chi connectivity index (χ0) is 19.3. The number of nitrogens with zero attached hydrogens (tertiary/aromatic N) is 3. The van der Waals surface area contributed by atoms with Crippen molar-refractivity contribution in [3.8, 4) is 0 Å². The molecule has 12 heteroatoms. The van der Waals surface area contributed by atoms with E-state index in [2.05, 4.69) is 26.8 Å². The first-order valence-corrected chi connectivity index (χ1v) is 10.7. The maximum absolute atomic E-state index is 11.9. The molecule has 2 aromatic rings. The number of nitrogen functional groups attached to an aromatic ring is 1. The number of anilines is 1. The van der Waals surface area contributed by atoms with Crippen molar-refractivity contribution in [3.05, 3.63) is 16.7 Å². The molecule has 1 saturated heterocycles. The van der Waals surface area contributed by atoms with Crippen LogP contribution >= 0.6 is 6.72 Å². The molecule has 0 bridgehead atoms. The zero-order valence-electron chi connectivity index (χ0n) is 14.6. The molecule has 0 aromatic carbocycles. The minimum Gasteiger partial charge on any atom is -0.369 e. The Hall–Kier alpha value is -1.36. The van der Waals surface area contributed by atoms with Gasteiger partial charge in [0.25, 0.3) is 5.56 Å². The number of ether oxygens (including phenoxy) is 1. The quantitative estimate of drug-likeness (QED) is 0.549. The van der Waals surface area contributed by atoms with E-state index in [0.717, 1.165) is 0 Å². The largest absolute Gasteiger partial charge is 0.369 e. The lowest BCUT2D eigenvalue weighted by molar-refractivity contribution is -0.0328. The van der Waals surface area contributed by atoms with Gasteiger partial charge in [-0.25, -0.2) is 4.98 Å². The maximum Gasteiger partial charge on any atom is 0.322 e. The van der Waals surface area contributed by atoms with Crippen LogP contribution in [0.5, 0.6) is 0 Å². The number of H-pyrrole nitrogens is 1. The van der Waals surface area contributed by atoms with Gasteiger partial charge in [0.15, 0.2) is 11.2 Å². The highest BCUT2D eigenvalue weighted by atomic mass is 32.5. The van der Waals surface area contributed by atoms with Gasteiger partial charge in [-0.1, -0.05) is 20.8 Å². The minimum atomic E-state index is -3.85. The molecule has 0 aliphatic carbocycles. The number of fused-ring (bicyclic) bond motifs is 1. The second-order valence-corrected chi connectivity index (χ2v) is 10.2. The molecule has 3 heterocycles. The van der Waals surface area contributed by atoms with Crippen LogP contribution in [0.25, 0.3) is 11.2 Å². The summed E-state index contributed by atoms with van der Waals surface area (Å²) >= 11 is 4.62. The lowest BCUT2D eigenvalue weighted by atomic mass is 9.87. The SMILES string of the molecule is CC(C)(C)C[C@H]1O[C@@H](n2cnc3c(=O)[nH]c(N)nc32)C[C@H]1OP(O)(O)=S. The molecule has 10 nitrogen and oxygen atoms in total. The first-order valence-electron chi connectivity index (χ1n) is 8.05. The van der Waals surface area contributed by atoms with Gasteiger partial charge in [-0.05, 0) is 23.6 Å². The summed E-state index contributed by atoms with van der Waals surface area (Å²) < 4.78 is 13.0. The molecule has 1 fully saturated rings. The van der Waals surface area contributed by atoms with Crippen LogP contribution in [-0.4, -0.2) is 41.5 Å². The van der Waals surface area contributed by atoms with E-state index in [4.69, 9.17) is 15.0 Å². The fraction of sp³-hybridized carbons (Fsp3) is 0.643. The van der Waals surface area contributed by atoms with Crippen molar-refractivity contribution in [2.24, 2.45) is 5.41 Å². The Labute approximate surface area is 154 Å². The lowest BCUT2D eigenvalue weighted by Gasteiger charge is -2.27. The van der Waals surface area contributed by atoms with E-state index in [1.165, 1.54) is 6.33 Å². The summed E-state index contributed by atoms with van der Waals surface area (Å²) in [5.41, 5.74) is 5.54. The summed E-state index contributed by atoms with van der Waals surface area (Å²) in [6.45, 7) is 2.29. The van der Waals surface area contributed by atoms with Gasteiger partial charge < -0.3 is 24.8 Å². The van der Waals surface area contributed by atoms with E-state index in [9.17, 15) is 14.6 Å². The van der Waals surface area contributed by atoms with Gasteiger partial charge in [0.2, 0.25) is 5.95 Å². The highest BCUT2D eigenvalue weighted by Crippen LogP contribution is 2.46. The molecule has 0 amide bonds. The van der Waals surface area contributed by atoms with Crippen LogP contribution in [0.2, 0.25) is 0 Å². The molecule has 26 heavy (non-hydrogen) atoms. The van der Waals surface area contributed by atoms with E-state index >= 15 is 0 Å². The van der Waals surface area contributed by atoms with Crippen LogP contribution in [0.15, 0.2) is 11.1 Å². The highest BCUT2D eigenvalue weighted by Gasteiger charge is 2.41. The first-order chi connectivity index (χ1) is 11.9. The van der Waals surface area contributed by atoms with E-state index < -0.39 is 30.7 Å². The van der Waals surface area contributed by atoms with Gasteiger partial charge in [-0.3, -0.25) is 14.3 Å². The standard InChI is InChI=1S/C14H22N5O5PS/c1-14(2,3)5-8-7(24-25(21,22)26)4-9(23-8)19-6-16-10-11(19)17-13(15)18-12(10)20/h6-9H,4-5H2,1-3H3,(H2,21,22,26)(H3,15,17,18,20)/t7-,8-,9-/m1/s1. The predicted octanol–water partition coefficient (Wildman–Crippen LogP) is 1.02. The summed E-state index contributed by atoms with van der Waals surface area (Å²) in [5, 5.41) is 0. The van der Waals surface area contributed by atoms with Crippen molar-refractivity contribution in [2.45, 2.75) is 52.0 Å². The predicted molar refractivity (Wildman–Crippen MR) is 98.8 cm³/mol. The number of hydrogen-bond donors (Lipinski definition) is 4. The van der Waals surface area contributed by atoms with Gasteiger partial charge in [-0.15, -0.1) is 0 Å². The molecule has 0 spiro atoms. The summed E-state index contributed by atoms with van der Waals surface area (Å²) in [7, 11) is 0. The Morgan fingerprint density at radius 2 is 2.23 bits per heavy atom. The molecular weight excluding hydrogens is 381 g/mol. The molecule has 0 radical (unpaired) electrons. The molecule has 1 aliphatic heterocycles. The summed E-state index contributed by atoms with van der Waals surface area (Å²) in [5.74, 6) is -0.0255. The van der Waals surface area contributed by atoms with Crippen molar-refractivity contribution >= 4 is 35.6 Å². The van der Waals surface area contributed by atoms with Crippen LogP contribution in [-0.2, 0) is 21.1 Å². The van der Waals surface area contributed by atoms with Gasteiger partial charge in [0, 0.05) is 6.42 Å². The van der Waals surface area contributed by atoms with Gasteiger partial charge in [0.05, 0.1) is 18.5 Å². The Balaban J connectivity index is 1.94. The molecule has 2 aromatic heterocycles. The zero-order valence-corrected chi connectivity index (χ0v) is 16.3. The number of imidazole rings is 1. The second kappa shape index (κ2) is 6.66. The molecular formula is C14H22N5O5PS. The number of aromatic nitrogens is 4. The number of aromatic amines is 1. The van der Waals surface area contributed by atoms with Crippen molar-refractivity contribution in [2.75, 3.05) is 5.73 Å². The van der Waals surface area contributed by atoms with Crippen LogP contribution in [0.4, 0.5) is 5.95 Å². The van der Waals surface area contributed by atoms with Gasteiger partial charge in [-0.2, -0.15) is 4.98 Å². The molecule has 3 rings (SSSR count). The first kappa shape index (κ1) is 19.4. The van der Waals surface area contributed by atoms with Gasteiger partial charge in [0.1, 0.15) is 6.23 Å². The molecule has 3 atom stereocenters. The Morgan fingerprint density at radius 1 is 1.54 bits per heavy atom. The van der Waals surface area contributed by atoms with Crippen molar-refractivity contribution in [1.29, 1.82) is 0 Å². The number of nitrogens with two attached hydrogens (primary N) is 1. The van der Waals surface area contributed by atoms with Crippen molar-refractivity contribution in [1.82, 2.24) is 19.5 Å². The van der Waals surface area contributed by atoms with Crippen molar-refractivity contribution < 1.29 is 19.0 Å². The fourth-order valence-corrected chi connectivity index (χ4v) is 4.01. The minimum absolute atomic E-state index is 0.0255. The third-order valence-corrected chi connectivity index (χ3v) is 4.83. The normalized spacial score (nSPS) is 24.4. The highest BCUT2D eigenvalue weighted by molar-refractivity contribution is 8.06. The molecule has 0 unspecified atom stereocenters.